The Balaban J connectivity index is 1.64. The third-order valence-electron chi connectivity index (χ3n) is 5.37. The van der Waals surface area contributed by atoms with E-state index in [0.717, 1.165) is 46.2 Å². The van der Waals surface area contributed by atoms with Crippen LogP contribution in [0.15, 0.2) is 36.4 Å². The first-order valence-electron chi connectivity index (χ1n) is 10.1. The molecule has 3 rings (SSSR count). The Labute approximate surface area is 175 Å². The molecule has 0 saturated heterocycles. The van der Waals surface area contributed by atoms with Gasteiger partial charge in [0.1, 0.15) is 5.75 Å². The molecule has 0 spiro atoms. The molecule has 1 unspecified atom stereocenters. The van der Waals surface area contributed by atoms with Crippen LogP contribution in [0.2, 0.25) is 0 Å². The second kappa shape index (κ2) is 9.61. The van der Waals surface area contributed by atoms with Crippen LogP contribution in [-0.4, -0.2) is 42.8 Å². The van der Waals surface area contributed by atoms with Gasteiger partial charge in [-0.3, -0.25) is 9.59 Å². The van der Waals surface area contributed by atoms with Gasteiger partial charge in [-0.05, 0) is 47.7 Å². The smallest absolute Gasteiger partial charge is 0.419 e. The molecule has 1 aliphatic rings. The highest BCUT2D eigenvalue weighted by molar-refractivity contribution is 5.91. The van der Waals surface area contributed by atoms with Gasteiger partial charge in [-0.2, -0.15) is 0 Å². The van der Waals surface area contributed by atoms with Gasteiger partial charge in [0, 0.05) is 20.4 Å². The zero-order valence-electron chi connectivity index (χ0n) is 17.6. The summed E-state index contributed by atoms with van der Waals surface area (Å²) in [5, 5.41) is 2.04. The van der Waals surface area contributed by atoms with Crippen LogP contribution in [0.1, 0.15) is 38.7 Å². The van der Waals surface area contributed by atoms with Gasteiger partial charge in [0.25, 0.3) is 0 Å². The van der Waals surface area contributed by atoms with Crippen LogP contribution >= 0.6 is 0 Å². The maximum atomic E-state index is 12.5. The maximum absolute atomic E-state index is 12.5. The number of carbonyl (C=O) groups excluding carboxylic acids is 3. The molecule has 2 aromatic carbocycles. The van der Waals surface area contributed by atoms with Crippen molar-refractivity contribution in [3.8, 4) is 5.75 Å². The summed E-state index contributed by atoms with van der Waals surface area (Å²) in [6, 6.07) is 11.7. The molecule has 1 saturated carbocycles. The molecule has 0 aliphatic heterocycles. The summed E-state index contributed by atoms with van der Waals surface area (Å²) < 4.78 is 15.6. The minimum absolute atomic E-state index is 0.113. The van der Waals surface area contributed by atoms with Gasteiger partial charge in [-0.15, -0.1) is 0 Å². The molecule has 7 heteroatoms. The summed E-state index contributed by atoms with van der Waals surface area (Å²) >= 11 is 0. The Morgan fingerprint density at radius 1 is 1.13 bits per heavy atom. The average Bonchev–Trinajstić information content (AvgIpc) is 2.65. The third-order valence-corrected chi connectivity index (χ3v) is 5.37. The summed E-state index contributed by atoms with van der Waals surface area (Å²) in [5.41, 5.74) is 0.981. The van der Waals surface area contributed by atoms with Gasteiger partial charge in [0.2, 0.25) is 12.2 Å². The second-order valence-corrected chi connectivity index (χ2v) is 7.44. The van der Waals surface area contributed by atoms with Crippen molar-refractivity contribution < 1.29 is 28.6 Å². The minimum Gasteiger partial charge on any atom is -0.497 e. The first-order chi connectivity index (χ1) is 14.4. The molecule has 2 aromatic rings. The number of esters is 1. The number of ether oxygens (including phenoxy) is 3. The van der Waals surface area contributed by atoms with Crippen LogP contribution in [-0.2, 0) is 25.5 Å². The number of amides is 2. The summed E-state index contributed by atoms with van der Waals surface area (Å²) in [5.74, 6) is -0.172. The fraction of sp³-hybridized carbons (Fsp3) is 0.435. The zero-order chi connectivity index (χ0) is 21.7. The van der Waals surface area contributed by atoms with E-state index in [1.54, 1.807) is 7.11 Å². The molecule has 0 aromatic heterocycles. The molecular formula is C23H27NO6. The van der Waals surface area contributed by atoms with Crippen molar-refractivity contribution in [1.29, 1.82) is 0 Å². The molecule has 0 bridgehead atoms. The van der Waals surface area contributed by atoms with Crippen molar-refractivity contribution >= 4 is 28.7 Å². The molecule has 1 fully saturated rings. The number of nitrogens with zero attached hydrogens (tertiary/aromatic N) is 1. The predicted octanol–water partition coefficient (Wildman–Crippen LogP) is 4.07. The van der Waals surface area contributed by atoms with Gasteiger partial charge in [-0.25, -0.2) is 9.69 Å². The van der Waals surface area contributed by atoms with E-state index in [2.05, 4.69) is 0 Å². The molecule has 0 radical (unpaired) electrons. The van der Waals surface area contributed by atoms with Crippen LogP contribution in [0.25, 0.3) is 10.8 Å². The van der Waals surface area contributed by atoms with Crippen molar-refractivity contribution in [2.24, 2.45) is 5.92 Å². The van der Waals surface area contributed by atoms with E-state index in [4.69, 9.17) is 14.2 Å². The summed E-state index contributed by atoms with van der Waals surface area (Å²) in [7, 11) is 1.61. The molecule has 7 nitrogen and oxygen atoms in total. The Morgan fingerprint density at radius 2 is 1.90 bits per heavy atom. The Bertz CT molecular complexity index is 936. The number of imide groups is 1. The number of rotatable bonds is 7. The standard InChI is InChI=1S/C23H27NO6/c1-15(25)24(23(27)30-16(2)29-22(26)19-8-5-9-19)13-12-18-7-4-6-17-10-11-20(28-3)14-21(17)18/h4,6-7,10-11,14,16,19H,5,8-9,12-13H2,1-3H3. The lowest BCUT2D eigenvalue weighted by molar-refractivity contribution is -0.174. The van der Waals surface area contributed by atoms with E-state index in [9.17, 15) is 14.4 Å². The van der Waals surface area contributed by atoms with Crippen LogP contribution in [0, 0.1) is 5.92 Å². The first kappa shape index (κ1) is 21.6. The first-order valence-corrected chi connectivity index (χ1v) is 10.1. The van der Waals surface area contributed by atoms with Gasteiger partial charge in [-0.1, -0.05) is 30.7 Å². The molecule has 1 atom stereocenters. The minimum atomic E-state index is -1.05. The van der Waals surface area contributed by atoms with Crippen LogP contribution < -0.4 is 4.74 Å². The molecule has 0 N–H and O–H groups in total. The van der Waals surface area contributed by atoms with E-state index in [1.165, 1.54) is 13.8 Å². The lowest BCUT2D eigenvalue weighted by Crippen LogP contribution is -2.40. The number of hydrogen-bond acceptors (Lipinski definition) is 6. The lowest BCUT2D eigenvalue weighted by atomic mass is 9.86. The number of benzene rings is 2. The molecule has 0 heterocycles. The van der Waals surface area contributed by atoms with E-state index >= 15 is 0 Å². The quantitative estimate of drug-likeness (QED) is 0.503. The summed E-state index contributed by atoms with van der Waals surface area (Å²) in [6.07, 6.45) is 1.19. The molecule has 2 amide bonds. The highest BCUT2D eigenvalue weighted by Crippen LogP contribution is 2.28. The lowest BCUT2D eigenvalue weighted by Gasteiger charge is -2.26. The van der Waals surface area contributed by atoms with Crippen molar-refractivity contribution in [2.75, 3.05) is 13.7 Å². The third kappa shape index (κ3) is 5.09. The zero-order valence-corrected chi connectivity index (χ0v) is 17.6. The predicted molar refractivity (Wildman–Crippen MR) is 111 cm³/mol. The van der Waals surface area contributed by atoms with Crippen LogP contribution in [0.4, 0.5) is 4.79 Å². The number of hydrogen-bond donors (Lipinski definition) is 0. The van der Waals surface area contributed by atoms with E-state index < -0.39 is 18.3 Å². The SMILES string of the molecule is COc1ccc2cccc(CCN(C(C)=O)C(=O)OC(C)OC(=O)C3CCC3)c2c1. The number of methoxy groups -OCH3 is 1. The van der Waals surface area contributed by atoms with Crippen molar-refractivity contribution in [1.82, 2.24) is 4.90 Å². The molecular weight excluding hydrogens is 386 g/mol. The highest BCUT2D eigenvalue weighted by Gasteiger charge is 2.29. The van der Waals surface area contributed by atoms with Crippen molar-refractivity contribution in [3.63, 3.8) is 0 Å². The molecule has 1 aliphatic carbocycles. The van der Waals surface area contributed by atoms with Crippen molar-refractivity contribution in [3.05, 3.63) is 42.0 Å². The highest BCUT2D eigenvalue weighted by atomic mass is 16.7. The van der Waals surface area contributed by atoms with Gasteiger partial charge in [0.05, 0.1) is 13.0 Å². The van der Waals surface area contributed by atoms with E-state index in [0.29, 0.717) is 6.42 Å². The number of carbonyl (C=O) groups is 3. The monoisotopic (exact) mass is 413 g/mol. The fourth-order valence-electron chi connectivity index (χ4n) is 3.40. The largest absolute Gasteiger partial charge is 0.497 e. The molecule has 30 heavy (non-hydrogen) atoms. The van der Waals surface area contributed by atoms with Gasteiger partial charge in [0.15, 0.2) is 0 Å². The normalized spacial score (nSPS) is 14.5. The molecule has 160 valence electrons. The summed E-state index contributed by atoms with van der Waals surface area (Å²) in [6.45, 7) is 2.93. The van der Waals surface area contributed by atoms with Crippen molar-refractivity contribution in [2.45, 2.75) is 45.8 Å². The van der Waals surface area contributed by atoms with E-state index in [1.807, 2.05) is 36.4 Å². The Hall–Kier alpha value is -3.09. The average molecular weight is 413 g/mol. The summed E-state index contributed by atoms with van der Waals surface area (Å²) in [4.78, 5) is 37.4. The maximum Gasteiger partial charge on any atom is 0.419 e. The van der Waals surface area contributed by atoms with Gasteiger partial charge < -0.3 is 14.2 Å². The van der Waals surface area contributed by atoms with Gasteiger partial charge >= 0.3 is 12.1 Å². The number of fused-ring (bicyclic) bond motifs is 1. The Morgan fingerprint density at radius 3 is 2.53 bits per heavy atom. The fourth-order valence-corrected chi connectivity index (χ4v) is 3.40. The van der Waals surface area contributed by atoms with Crippen LogP contribution in [0.5, 0.6) is 5.75 Å². The van der Waals surface area contributed by atoms with Crippen LogP contribution in [0.3, 0.4) is 0 Å². The topological polar surface area (TPSA) is 82.1 Å². The van der Waals surface area contributed by atoms with E-state index in [-0.39, 0.29) is 18.4 Å². The second-order valence-electron chi connectivity index (χ2n) is 7.44. The Kier molecular flexibility index (Phi) is 6.92.